The van der Waals surface area contributed by atoms with Gasteiger partial charge in [0.1, 0.15) is 15.7 Å². The fraction of sp³-hybridized carbons (Fsp3) is 0.300. The molecule has 0 aliphatic heterocycles. The number of aromatic nitrogens is 2. The number of carbonyl (C=O) groups is 2. The van der Waals surface area contributed by atoms with Crippen LogP contribution < -0.4 is 10.9 Å². The first-order valence-corrected chi connectivity index (χ1v) is 9.67. The molecule has 8 heteroatoms. The molecular formula is C20H21N3O4S. The van der Waals surface area contributed by atoms with E-state index in [1.54, 1.807) is 6.92 Å². The van der Waals surface area contributed by atoms with Crippen molar-refractivity contribution in [2.75, 3.05) is 5.32 Å². The number of hydrogen-bond donors (Lipinski definition) is 2. The third kappa shape index (κ3) is 3.55. The summed E-state index contributed by atoms with van der Waals surface area (Å²) in [5.41, 5.74) is 2.69. The van der Waals surface area contributed by atoms with Crippen molar-refractivity contribution in [3.8, 4) is 0 Å². The number of carboxylic acid groups (broad SMARTS) is 1. The van der Waals surface area contributed by atoms with Gasteiger partial charge < -0.3 is 10.4 Å². The number of aryl methyl sites for hydroxylation is 3. The number of anilines is 1. The summed E-state index contributed by atoms with van der Waals surface area (Å²) in [7, 11) is 0. The molecule has 0 fully saturated rings. The van der Waals surface area contributed by atoms with Crippen LogP contribution in [0, 0.1) is 20.8 Å². The van der Waals surface area contributed by atoms with Gasteiger partial charge in [-0.1, -0.05) is 13.0 Å². The summed E-state index contributed by atoms with van der Waals surface area (Å²) in [6.07, 6.45) is 1.71. The number of fused-ring (bicyclic) bond motifs is 1. The molecule has 0 aliphatic carbocycles. The number of benzene rings is 1. The zero-order valence-electron chi connectivity index (χ0n) is 16.1. The number of hydrogen-bond acceptors (Lipinski definition) is 5. The molecule has 0 saturated heterocycles. The van der Waals surface area contributed by atoms with Crippen molar-refractivity contribution in [1.82, 2.24) is 9.55 Å². The van der Waals surface area contributed by atoms with Crippen molar-refractivity contribution in [2.45, 2.75) is 40.2 Å². The lowest BCUT2D eigenvalue weighted by molar-refractivity contribution is -0.119. The molecule has 0 saturated carbocycles. The van der Waals surface area contributed by atoms with E-state index in [0.29, 0.717) is 22.5 Å². The molecule has 0 bridgehead atoms. The van der Waals surface area contributed by atoms with Gasteiger partial charge in [-0.15, -0.1) is 11.3 Å². The van der Waals surface area contributed by atoms with Crippen molar-refractivity contribution in [3.05, 3.63) is 56.4 Å². The minimum Gasteiger partial charge on any atom is -0.477 e. The van der Waals surface area contributed by atoms with E-state index in [1.807, 2.05) is 39.0 Å². The molecule has 1 amide bonds. The van der Waals surface area contributed by atoms with E-state index in [4.69, 9.17) is 0 Å². The third-order valence-electron chi connectivity index (χ3n) is 4.58. The zero-order valence-corrected chi connectivity index (χ0v) is 16.9. The predicted octanol–water partition coefficient (Wildman–Crippen LogP) is 3.67. The number of aromatic carboxylic acids is 1. The monoisotopic (exact) mass is 399 g/mol. The number of carboxylic acids is 1. The maximum Gasteiger partial charge on any atom is 0.346 e. The summed E-state index contributed by atoms with van der Waals surface area (Å²) in [6, 6.07) is 4.99. The van der Waals surface area contributed by atoms with Gasteiger partial charge in [-0.25, -0.2) is 9.78 Å². The second kappa shape index (κ2) is 7.55. The summed E-state index contributed by atoms with van der Waals surface area (Å²) in [5, 5.41) is 12.4. The molecule has 3 rings (SSSR count). The topological polar surface area (TPSA) is 101 Å². The van der Waals surface area contributed by atoms with Gasteiger partial charge in [0.2, 0.25) is 5.91 Å². The van der Waals surface area contributed by atoms with Crippen LogP contribution in [0.2, 0.25) is 0 Å². The Morgan fingerprint density at radius 2 is 1.86 bits per heavy atom. The molecule has 1 unspecified atom stereocenters. The quantitative estimate of drug-likeness (QED) is 0.682. The van der Waals surface area contributed by atoms with Gasteiger partial charge in [-0.05, 0) is 56.0 Å². The van der Waals surface area contributed by atoms with Gasteiger partial charge in [-0.3, -0.25) is 14.2 Å². The number of carbonyl (C=O) groups excluding carboxylic acids is 1. The van der Waals surface area contributed by atoms with E-state index in [-0.39, 0.29) is 16.2 Å². The smallest absolute Gasteiger partial charge is 0.346 e. The highest BCUT2D eigenvalue weighted by Gasteiger charge is 2.24. The highest BCUT2D eigenvalue weighted by Crippen LogP contribution is 2.27. The molecule has 3 aromatic rings. The zero-order chi connectivity index (χ0) is 20.6. The van der Waals surface area contributed by atoms with Crippen LogP contribution in [0.15, 0.2) is 29.3 Å². The predicted molar refractivity (Wildman–Crippen MR) is 109 cm³/mol. The maximum absolute atomic E-state index is 13.0. The number of nitrogens with one attached hydrogen (secondary N) is 1. The lowest BCUT2D eigenvalue weighted by Gasteiger charge is -2.18. The van der Waals surface area contributed by atoms with E-state index in [2.05, 4.69) is 10.3 Å². The van der Waals surface area contributed by atoms with E-state index in [9.17, 15) is 19.5 Å². The molecule has 7 nitrogen and oxygen atoms in total. The molecule has 0 aliphatic rings. The Kier molecular flexibility index (Phi) is 5.33. The van der Waals surface area contributed by atoms with Crippen LogP contribution >= 0.6 is 11.3 Å². The maximum atomic E-state index is 13.0. The largest absolute Gasteiger partial charge is 0.477 e. The Labute approximate surface area is 165 Å². The van der Waals surface area contributed by atoms with Gasteiger partial charge in [0.15, 0.2) is 0 Å². The fourth-order valence-electron chi connectivity index (χ4n) is 3.34. The molecule has 1 atom stereocenters. The lowest BCUT2D eigenvalue weighted by atomic mass is 10.1. The van der Waals surface area contributed by atoms with Crippen molar-refractivity contribution in [3.63, 3.8) is 0 Å². The third-order valence-corrected chi connectivity index (χ3v) is 5.77. The number of nitrogens with zero attached hydrogens (tertiary/aromatic N) is 2. The van der Waals surface area contributed by atoms with Gasteiger partial charge >= 0.3 is 5.97 Å². The minimum absolute atomic E-state index is 0.0880. The molecule has 1 aromatic carbocycles. The average Bonchev–Trinajstić information content (AvgIpc) is 2.94. The molecule has 2 heterocycles. The molecule has 2 aromatic heterocycles. The highest BCUT2D eigenvalue weighted by atomic mass is 32.1. The van der Waals surface area contributed by atoms with Crippen molar-refractivity contribution in [1.29, 1.82) is 0 Å². The molecular weight excluding hydrogens is 378 g/mol. The molecule has 0 radical (unpaired) electrons. The molecule has 0 spiro atoms. The SMILES string of the molecule is CCC(C(=O)Nc1cc(C)cc(C)c1)n1cnc2sc(C(=O)O)c(C)c2c1=O. The van der Waals surface area contributed by atoms with Gasteiger partial charge in [0.25, 0.3) is 5.56 Å². The first-order chi connectivity index (χ1) is 13.2. The summed E-state index contributed by atoms with van der Waals surface area (Å²) >= 11 is 0.964. The summed E-state index contributed by atoms with van der Waals surface area (Å²) in [5.74, 6) is -1.41. The summed E-state index contributed by atoms with van der Waals surface area (Å²) < 4.78 is 1.28. The Balaban J connectivity index is 2.02. The second-order valence-corrected chi connectivity index (χ2v) is 7.79. The van der Waals surface area contributed by atoms with Crippen molar-refractivity contribution in [2.24, 2.45) is 0 Å². The first kappa shape index (κ1) is 19.8. The average molecular weight is 399 g/mol. The van der Waals surface area contributed by atoms with Gasteiger partial charge in [0.05, 0.1) is 11.7 Å². The van der Waals surface area contributed by atoms with Crippen LogP contribution in [0.25, 0.3) is 10.2 Å². The normalized spacial score (nSPS) is 12.1. The molecule has 146 valence electrons. The minimum atomic E-state index is -1.09. The Morgan fingerprint density at radius 3 is 2.43 bits per heavy atom. The standard InChI is InChI=1S/C20H21N3O4S/c1-5-14(17(24)22-13-7-10(2)6-11(3)8-13)23-9-21-18-15(19(23)25)12(4)16(28-18)20(26)27/h6-9,14H,5H2,1-4H3,(H,22,24)(H,26,27). The number of amides is 1. The molecule has 28 heavy (non-hydrogen) atoms. The van der Waals surface area contributed by atoms with Gasteiger partial charge in [0, 0.05) is 5.69 Å². The number of rotatable bonds is 5. The second-order valence-electron chi connectivity index (χ2n) is 6.79. The van der Waals surface area contributed by atoms with Crippen LogP contribution in [-0.2, 0) is 4.79 Å². The highest BCUT2D eigenvalue weighted by molar-refractivity contribution is 7.20. The Hall–Kier alpha value is -3.00. The van der Waals surface area contributed by atoms with Crippen LogP contribution in [0.3, 0.4) is 0 Å². The van der Waals surface area contributed by atoms with Crippen LogP contribution in [-0.4, -0.2) is 26.5 Å². The Bertz CT molecular complexity index is 1130. The first-order valence-electron chi connectivity index (χ1n) is 8.85. The van der Waals surface area contributed by atoms with E-state index in [0.717, 1.165) is 22.5 Å². The van der Waals surface area contributed by atoms with Crippen LogP contribution in [0.5, 0.6) is 0 Å². The summed E-state index contributed by atoms with van der Waals surface area (Å²) in [6.45, 7) is 7.29. The molecule has 2 N–H and O–H groups in total. The van der Waals surface area contributed by atoms with Crippen molar-refractivity contribution >= 4 is 39.1 Å². The van der Waals surface area contributed by atoms with E-state index in [1.165, 1.54) is 10.9 Å². The number of thiophene rings is 1. The van der Waals surface area contributed by atoms with E-state index < -0.39 is 17.6 Å². The fourth-order valence-corrected chi connectivity index (χ4v) is 4.32. The van der Waals surface area contributed by atoms with Crippen molar-refractivity contribution < 1.29 is 14.7 Å². The summed E-state index contributed by atoms with van der Waals surface area (Å²) in [4.78, 5) is 41.9. The Morgan fingerprint density at radius 1 is 1.21 bits per heavy atom. The lowest BCUT2D eigenvalue weighted by Crippen LogP contribution is -2.33. The van der Waals surface area contributed by atoms with E-state index >= 15 is 0 Å². The van der Waals surface area contributed by atoms with Crippen LogP contribution in [0.1, 0.15) is 45.7 Å². The van der Waals surface area contributed by atoms with Crippen LogP contribution in [0.4, 0.5) is 5.69 Å². The van der Waals surface area contributed by atoms with Gasteiger partial charge in [-0.2, -0.15) is 0 Å².